The monoisotopic (exact) mass is 436 g/mol. The van der Waals surface area contributed by atoms with Crippen molar-refractivity contribution in [2.75, 3.05) is 21.3 Å². The van der Waals surface area contributed by atoms with E-state index < -0.39 is 42.2 Å². The number of esters is 3. The summed E-state index contributed by atoms with van der Waals surface area (Å²) in [5.41, 5.74) is 0.912. The molecule has 10 nitrogen and oxygen atoms in total. The Morgan fingerprint density at radius 2 is 1.35 bits per heavy atom. The first-order chi connectivity index (χ1) is 14.7. The average Bonchev–Trinajstić information content (AvgIpc) is 2.79. The quantitative estimate of drug-likeness (QED) is 0.381. The number of methoxy groups -OCH3 is 3. The standard InChI is InChI=1S/C21H28N2O8/c1-13(14-8-6-5-7-9-14)22-16(24)10-11-17(25)23-19(21(28)31-4)15(20(27)30-3)12-18(26)29-2/h5-9,13,15,19H,10-12H2,1-4H3,(H,22,24)(H,23,25)/t13-,15-,19-/m1/s1. The first kappa shape index (κ1) is 25.6. The summed E-state index contributed by atoms with van der Waals surface area (Å²) in [6.45, 7) is 1.81. The molecular weight excluding hydrogens is 408 g/mol. The molecule has 0 radical (unpaired) electrons. The first-order valence-corrected chi connectivity index (χ1v) is 9.59. The molecule has 0 saturated heterocycles. The van der Waals surface area contributed by atoms with E-state index in [9.17, 15) is 24.0 Å². The maximum Gasteiger partial charge on any atom is 0.329 e. The number of nitrogens with one attached hydrogen (secondary N) is 2. The van der Waals surface area contributed by atoms with Gasteiger partial charge in [-0.25, -0.2) is 4.79 Å². The van der Waals surface area contributed by atoms with Gasteiger partial charge in [-0.2, -0.15) is 0 Å². The summed E-state index contributed by atoms with van der Waals surface area (Å²) in [5.74, 6) is -4.98. The van der Waals surface area contributed by atoms with Gasteiger partial charge in [-0.3, -0.25) is 19.2 Å². The van der Waals surface area contributed by atoms with Crippen LogP contribution in [0.3, 0.4) is 0 Å². The Labute approximate surface area is 180 Å². The minimum atomic E-state index is -1.48. The van der Waals surface area contributed by atoms with Crippen molar-refractivity contribution < 1.29 is 38.2 Å². The second kappa shape index (κ2) is 13.0. The van der Waals surface area contributed by atoms with Gasteiger partial charge in [0.15, 0.2) is 0 Å². The summed E-state index contributed by atoms with van der Waals surface area (Å²) in [6, 6.07) is 7.58. The lowest BCUT2D eigenvalue weighted by Crippen LogP contribution is -2.50. The Bertz CT molecular complexity index is 781. The highest BCUT2D eigenvalue weighted by Gasteiger charge is 2.38. The van der Waals surface area contributed by atoms with Gasteiger partial charge in [0, 0.05) is 12.8 Å². The number of carbonyl (C=O) groups is 5. The van der Waals surface area contributed by atoms with Gasteiger partial charge in [0.05, 0.1) is 39.7 Å². The van der Waals surface area contributed by atoms with E-state index in [1.807, 2.05) is 37.3 Å². The predicted molar refractivity (Wildman–Crippen MR) is 108 cm³/mol. The molecule has 3 atom stereocenters. The van der Waals surface area contributed by atoms with E-state index >= 15 is 0 Å². The van der Waals surface area contributed by atoms with Crippen LogP contribution in [-0.2, 0) is 38.2 Å². The summed E-state index contributed by atoms with van der Waals surface area (Å²) in [7, 11) is 3.28. The average molecular weight is 436 g/mol. The largest absolute Gasteiger partial charge is 0.469 e. The number of hydrogen-bond acceptors (Lipinski definition) is 8. The van der Waals surface area contributed by atoms with Crippen molar-refractivity contribution >= 4 is 29.7 Å². The highest BCUT2D eigenvalue weighted by molar-refractivity contribution is 5.92. The van der Waals surface area contributed by atoms with E-state index in [2.05, 4.69) is 24.8 Å². The molecule has 2 amide bonds. The lowest BCUT2D eigenvalue weighted by Gasteiger charge is -2.23. The Kier molecular flexibility index (Phi) is 10.7. The van der Waals surface area contributed by atoms with Gasteiger partial charge in [-0.1, -0.05) is 30.3 Å². The molecule has 0 spiro atoms. The maximum absolute atomic E-state index is 12.3. The van der Waals surface area contributed by atoms with Crippen molar-refractivity contribution in [2.45, 2.75) is 38.3 Å². The van der Waals surface area contributed by atoms with Crippen molar-refractivity contribution in [1.82, 2.24) is 10.6 Å². The van der Waals surface area contributed by atoms with E-state index in [1.54, 1.807) is 0 Å². The number of amides is 2. The third-order valence-corrected chi connectivity index (χ3v) is 4.55. The third-order valence-electron chi connectivity index (χ3n) is 4.55. The Morgan fingerprint density at radius 1 is 0.806 bits per heavy atom. The van der Waals surface area contributed by atoms with Crippen LogP contribution in [0.5, 0.6) is 0 Å². The number of benzene rings is 1. The number of hydrogen-bond donors (Lipinski definition) is 2. The Morgan fingerprint density at radius 3 is 1.87 bits per heavy atom. The van der Waals surface area contributed by atoms with Crippen LogP contribution in [0, 0.1) is 5.92 Å². The lowest BCUT2D eigenvalue weighted by molar-refractivity contribution is -0.159. The van der Waals surface area contributed by atoms with Gasteiger partial charge in [0.25, 0.3) is 0 Å². The summed E-state index contributed by atoms with van der Waals surface area (Å²) in [4.78, 5) is 60.3. The Hall–Kier alpha value is -3.43. The molecule has 0 aliphatic rings. The van der Waals surface area contributed by atoms with Crippen LogP contribution in [-0.4, -0.2) is 57.1 Å². The van der Waals surface area contributed by atoms with Crippen LogP contribution >= 0.6 is 0 Å². The number of carbonyl (C=O) groups excluding carboxylic acids is 5. The molecule has 1 aromatic carbocycles. The molecule has 0 saturated carbocycles. The molecule has 0 bridgehead atoms. The van der Waals surface area contributed by atoms with Crippen LogP contribution < -0.4 is 10.6 Å². The molecule has 0 unspecified atom stereocenters. The van der Waals surface area contributed by atoms with E-state index in [4.69, 9.17) is 0 Å². The SMILES string of the molecule is COC(=O)C[C@@H](C(=O)OC)[C@@H](NC(=O)CCC(=O)N[C@H](C)c1ccccc1)C(=O)OC. The van der Waals surface area contributed by atoms with E-state index in [0.717, 1.165) is 26.9 Å². The number of ether oxygens (including phenoxy) is 3. The minimum Gasteiger partial charge on any atom is -0.469 e. The van der Waals surface area contributed by atoms with Crippen LogP contribution in [0.15, 0.2) is 30.3 Å². The van der Waals surface area contributed by atoms with E-state index in [0.29, 0.717) is 0 Å². The fourth-order valence-electron chi connectivity index (χ4n) is 2.81. The predicted octanol–water partition coefficient (Wildman–Crippen LogP) is 0.654. The second-order valence-electron chi connectivity index (χ2n) is 6.68. The summed E-state index contributed by atoms with van der Waals surface area (Å²) in [5, 5.41) is 5.13. The molecule has 10 heteroatoms. The molecule has 31 heavy (non-hydrogen) atoms. The van der Waals surface area contributed by atoms with E-state index in [-0.39, 0.29) is 24.8 Å². The normalized spacial score (nSPS) is 13.2. The molecule has 0 aromatic heterocycles. The lowest BCUT2D eigenvalue weighted by atomic mass is 9.95. The van der Waals surface area contributed by atoms with Crippen molar-refractivity contribution in [3.8, 4) is 0 Å². The van der Waals surface area contributed by atoms with Crippen molar-refractivity contribution in [3.63, 3.8) is 0 Å². The minimum absolute atomic E-state index is 0.142. The van der Waals surface area contributed by atoms with Gasteiger partial charge in [0.2, 0.25) is 11.8 Å². The zero-order valence-electron chi connectivity index (χ0n) is 18.0. The topological polar surface area (TPSA) is 137 Å². The second-order valence-corrected chi connectivity index (χ2v) is 6.68. The van der Waals surface area contributed by atoms with E-state index in [1.165, 1.54) is 0 Å². The molecule has 0 aliphatic carbocycles. The van der Waals surface area contributed by atoms with Crippen LogP contribution in [0.25, 0.3) is 0 Å². The molecule has 2 N–H and O–H groups in total. The van der Waals surface area contributed by atoms with Crippen molar-refractivity contribution in [3.05, 3.63) is 35.9 Å². The van der Waals surface area contributed by atoms with Gasteiger partial charge >= 0.3 is 17.9 Å². The summed E-state index contributed by atoms with van der Waals surface area (Å²) in [6.07, 6.45) is -0.887. The smallest absolute Gasteiger partial charge is 0.329 e. The highest BCUT2D eigenvalue weighted by Crippen LogP contribution is 2.15. The zero-order chi connectivity index (χ0) is 23.4. The van der Waals surface area contributed by atoms with Gasteiger partial charge < -0.3 is 24.8 Å². The fourth-order valence-corrected chi connectivity index (χ4v) is 2.81. The zero-order valence-corrected chi connectivity index (χ0v) is 18.0. The van der Waals surface area contributed by atoms with Gasteiger partial charge in [-0.05, 0) is 12.5 Å². The third kappa shape index (κ3) is 8.45. The molecule has 0 aliphatic heterocycles. The van der Waals surface area contributed by atoms with Crippen LogP contribution in [0.2, 0.25) is 0 Å². The first-order valence-electron chi connectivity index (χ1n) is 9.59. The number of rotatable bonds is 11. The van der Waals surface area contributed by atoms with Crippen molar-refractivity contribution in [2.24, 2.45) is 5.92 Å². The molecule has 170 valence electrons. The molecule has 0 fully saturated rings. The van der Waals surface area contributed by atoms with Crippen LogP contribution in [0.4, 0.5) is 0 Å². The summed E-state index contributed by atoms with van der Waals surface area (Å²) >= 11 is 0. The van der Waals surface area contributed by atoms with Crippen LogP contribution in [0.1, 0.15) is 37.8 Å². The van der Waals surface area contributed by atoms with Crippen molar-refractivity contribution in [1.29, 1.82) is 0 Å². The van der Waals surface area contributed by atoms with Gasteiger partial charge in [-0.15, -0.1) is 0 Å². The molecule has 0 heterocycles. The molecule has 1 rings (SSSR count). The highest BCUT2D eigenvalue weighted by atomic mass is 16.5. The fraction of sp³-hybridized carbons (Fsp3) is 0.476. The molecular formula is C21H28N2O8. The van der Waals surface area contributed by atoms with Gasteiger partial charge in [0.1, 0.15) is 6.04 Å². The summed E-state index contributed by atoms with van der Waals surface area (Å²) < 4.78 is 13.8. The maximum atomic E-state index is 12.3. The molecule has 1 aromatic rings. The Balaban J connectivity index is 2.73.